The minimum absolute atomic E-state index is 0.0766. The maximum atomic E-state index is 12.9. The largest absolute Gasteiger partial charge is 0.381 e. The van der Waals surface area contributed by atoms with Gasteiger partial charge in [-0.2, -0.15) is 5.26 Å². The predicted molar refractivity (Wildman–Crippen MR) is 124 cm³/mol. The van der Waals surface area contributed by atoms with Gasteiger partial charge in [0.1, 0.15) is 11.8 Å². The van der Waals surface area contributed by atoms with Crippen molar-refractivity contribution in [2.24, 2.45) is 11.1 Å². The summed E-state index contributed by atoms with van der Waals surface area (Å²) in [6, 6.07) is 8.49. The zero-order chi connectivity index (χ0) is 22.8. The molecule has 1 fully saturated rings. The van der Waals surface area contributed by atoms with E-state index in [0.29, 0.717) is 17.7 Å². The molecule has 4 rings (SSSR count). The zero-order valence-corrected chi connectivity index (χ0v) is 19.0. The minimum Gasteiger partial charge on any atom is -0.381 e. The number of ketones is 1. The molecule has 2 aromatic rings. The van der Waals surface area contributed by atoms with Crippen LogP contribution in [0.3, 0.4) is 0 Å². The molecule has 0 spiro atoms. The third-order valence-corrected chi connectivity index (χ3v) is 7.19. The molecule has 32 heavy (non-hydrogen) atoms. The molecular formula is C26H32N4O2. The quantitative estimate of drug-likeness (QED) is 0.662. The average molecular weight is 433 g/mol. The number of nitrogens with zero attached hydrogens (tertiary/aromatic N) is 2. The number of nitriles is 1. The average Bonchev–Trinajstić information content (AvgIpc) is 3.29. The van der Waals surface area contributed by atoms with Crippen LogP contribution < -0.4 is 5.73 Å². The van der Waals surface area contributed by atoms with Crippen LogP contribution in [0.4, 0.5) is 0 Å². The molecule has 0 atom stereocenters. The highest BCUT2D eigenvalue weighted by Crippen LogP contribution is 2.41. The molecule has 1 aromatic carbocycles. The first-order valence-electron chi connectivity index (χ1n) is 11.4. The highest BCUT2D eigenvalue weighted by atomic mass is 16.5. The van der Waals surface area contributed by atoms with Gasteiger partial charge in [0, 0.05) is 31.6 Å². The Balaban J connectivity index is 1.71. The molecule has 1 aliphatic carbocycles. The van der Waals surface area contributed by atoms with Gasteiger partial charge < -0.3 is 15.5 Å². The Hall–Kier alpha value is -2.75. The smallest absolute Gasteiger partial charge is 0.202 e. The molecule has 1 aromatic heterocycles. The molecule has 0 radical (unpaired) electrons. The lowest BCUT2D eigenvalue weighted by atomic mass is 9.72. The lowest BCUT2D eigenvalue weighted by Crippen LogP contribution is -2.40. The number of aromatic amines is 1. The van der Waals surface area contributed by atoms with Crippen LogP contribution in [0.5, 0.6) is 0 Å². The van der Waals surface area contributed by atoms with Crippen molar-refractivity contribution < 1.29 is 9.53 Å². The Labute approximate surface area is 189 Å². The summed E-state index contributed by atoms with van der Waals surface area (Å²) >= 11 is 0. The number of Topliss-reactive ketones (excluding diaryl/α,β-unsaturated/α-hetero) is 1. The van der Waals surface area contributed by atoms with E-state index in [9.17, 15) is 4.79 Å². The maximum absolute atomic E-state index is 12.9. The summed E-state index contributed by atoms with van der Waals surface area (Å²) in [6.45, 7) is 6.64. The van der Waals surface area contributed by atoms with E-state index in [4.69, 9.17) is 15.7 Å². The molecule has 0 saturated carbocycles. The summed E-state index contributed by atoms with van der Waals surface area (Å²) in [4.78, 5) is 19.8. The zero-order valence-electron chi connectivity index (χ0n) is 19.0. The monoisotopic (exact) mass is 432 g/mol. The Kier molecular flexibility index (Phi) is 6.32. The van der Waals surface area contributed by atoms with E-state index >= 15 is 0 Å². The van der Waals surface area contributed by atoms with Gasteiger partial charge in [-0.05, 0) is 59.8 Å². The summed E-state index contributed by atoms with van der Waals surface area (Å²) < 4.78 is 5.61. The number of benzene rings is 1. The van der Waals surface area contributed by atoms with E-state index in [2.05, 4.69) is 48.1 Å². The highest BCUT2D eigenvalue weighted by molar-refractivity contribution is 5.95. The first kappa shape index (κ1) is 22.4. The van der Waals surface area contributed by atoms with Crippen LogP contribution in [0.15, 0.2) is 30.5 Å². The van der Waals surface area contributed by atoms with Crippen molar-refractivity contribution in [2.45, 2.75) is 57.8 Å². The van der Waals surface area contributed by atoms with Crippen molar-refractivity contribution in [2.75, 3.05) is 19.8 Å². The van der Waals surface area contributed by atoms with Crippen molar-refractivity contribution in [1.82, 2.24) is 9.97 Å². The second kappa shape index (κ2) is 9.01. The summed E-state index contributed by atoms with van der Waals surface area (Å²) in [5.41, 5.74) is 11.5. The van der Waals surface area contributed by atoms with Crippen molar-refractivity contribution in [3.8, 4) is 6.07 Å². The van der Waals surface area contributed by atoms with Crippen molar-refractivity contribution in [3.63, 3.8) is 0 Å². The van der Waals surface area contributed by atoms with Crippen LogP contribution >= 0.6 is 0 Å². The normalized spacial score (nSPS) is 19.8. The van der Waals surface area contributed by atoms with E-state index in [1.807, 2.05) is 6.07 Å². The fourth-order valence-corrected chi connectivity index (χ4v) is 4.83. The molecule has 168 valence electrons. The SMILES string of the molecule is CC1(C)CC=C(c2cc(C3(CN)CCOCC3)ccc2CC(=O)c2ncc(C#N)[nH]2)CC1. The number of imidazole rings is 1. The van der Waals surface area contributed by atoms with Gasteiger partial charge >= 0.3 is 0 Å². The van der Waals surface area contributed by atoms with Crippen LogP contribution in [-0.4, -0.2) is 35.5 Å². The number of allylic oxidation sites excluding steroid dienone is 2. The Morgan fingerprint density at radius 2 is 2.06 bits per heavy atom. The summed E-state index contributed by atoms with van der Waals surface area (Å²) in [7, 11) is 0. The molecule has 0 unspecified atom stereocenters. The lowest BCUT2D eigenvalue weighted by molar-refractivity contribution is 0.0529. The van der Waals surface area contributed by atoms with Crippen molar-refractivity contribution >= 4 is 11.4 Å². The number of nitrogens with two attached hydrogens (primary N) is 1. The van der Waals surface area contributed by atoms with Crippen LogP contribution in [0.25, 0.3) is 5.57 Å². The molecule has 3 N–H and O–H groups in total. The molecule has 6 nitrogen and oxygen atoms in total. The fourth-order valence-electron chi connectivity index (χ4n) is 4.83. The number of ether oxygens (including phenoxy) is 1. The van der Waals surface area contributed by atoms with Gasteiger partial charge in [0.15, 0.2) is 5.82 Å². The van der Waals surface area contributed by atoms with Gasteiger partial charge in [0.2, 0.25) is 5.78 Å². The molecule has 0 bridgehead atoms. The van der Waals surface area contributed by atoms with E-state index in [1.54, 1.807) is 0 Å². The molecule has 0 amide bonds. The molecule has 1 saturated heterocycles. The molecule has 6 heteroatoms. The van der Waals surface area contributed by atoms with Gasteiger partial charge in [-0.25, -0.2) is 4.98 Å². The van der Waals surface area contributed by atoms with Crippen molar-refractivity contribution in [1.29, 1.82) is 5.26 Å². The van der Waals surface area contributed by atoms with Crippen LogP contribution in [-0.2, 0) is 16.6 Å². The minimum atomic E-state index is -0.114. The van der Waals surface area contributed by atoms with E-state index < -0.39 is 0 Å². The fraction of sp³-hybridized carbons (Fsp3) is 0.500. The number of carbonyl (C=O) groups is 1. The number of hydrogen-bond donors (Lipinski definition) is 2. The number of H-pyrrole nitrogens is 1. The highest BCUT2D eigenvalue weighted by Gasteiger charge is 2.34. The van der Waals surface area contributed by atoms with Crippen molar-refractivity contribution in [3.05, 3.63) is 58.7 Å². The number of rotatable bonds is 6. The standard InChI is InChI=1S/C26H32N4O2/c1-25(2)7-5-18(6-8-25)22-14-20(26(17-28)9-11-32-12-10-26)4-3-19(22)13-23(31)24-29-16-21(15-27)30-24/h3-5,14,16H,6-13,17,28H2,1-2H3,(H,29,30). The number of nitrogens with one attached hydrogen (secondary N) is 1. The topological polar surface area (TPSA) is 105 Å². The summed E-state index contributed by atoms with van der Waals surface area (Å²) in [5.74, 6) is 0.120. The predicted octanol–water partition coefficient (Wildman–Crippen LogP) is 4.31. The number of hydrogen-bond acceptors (Lipinski definition) is 5. The number of aromatic nitrogens is 2. The van der Waals surface area contributed by atoms with E-state index in [-0.39, 0.29) is 23.4 Å². The first-order valence-corrected chi connectivity index (χ1v) is 11.4. The maximum Gasteiger partial charge on any atom is 0.202 e. The second-order valence-corrected chi connectivity index (χ2v) is 9.92. The Morgan fingerprint density at radius 3 is 2.69 bits per heavy atom. The van der Waals surface area contributed by atoms with Gasteiger partial charge in [-0.15, -0.1) is 0 Å². The van der Waals surface area contributed by atoms with Gasteiger partial charge in [-0.1, -0.05) is 38.1 Å². The molecule has 2 heterocycles. The Morgan fingerprint density at radius 1 is 1.28 bits per heavy atom. The summed E-state index contributed by atoms with van der Waals surface area (Å²) in [6.07, 6.45) is 8.96. The second-order valence-electron chi connectivity index (χ2n) is 9.92. The molecule has 1 aliphatic heterocycles. The lowest BCUT2D eigenvalue weighted by Gasteiger charge is -2.37. The van der Waals surface area contributed by atoms with Crippen LogP contribution in [0.1, 0.15) is 79.0 Å². The Bertz CT molecular complexity index is 1070. The molecular weight excluding hydrogens is 400 g/mol. The third kappa shape index (κ3) is 4.55. The third-order valence-electron chi connectivity index (χ3n) is 7.19. The van der Waals surface area contributed by atoms with Gasteiger partial charge in [0.05, 0.1) is 6.20 Å². The van der Waals surface area contributed by atoms with Gasteiger partial charge in [0.25, 0.3) is 0 Å². The van der Waals surface area contributed by atoms with E-state index in [1.165, 1.54) is 17.3 Å². The molecule has 2 aliphatic rings. The van der Waals surface area contributed by atoms with Crippen LogP contribution in [0, 0.1) is 16.7 Å². The van der Waals surface area contributed by atoms with Crippen LogP contribution in [0.2, 0.25) is 0 Å². The summed E-state index contributed by atoms with van der Waals surface area (Å²) in [5, 5.41) is 9.02. The van der Waals surface area contributed by atoms with Gasteiger partial charge in [-0.3, -0.25) is 4.79 Å². The number of carbonyl (C=O) groups excluding carboxylic acids is 1. The first-order chi connectivity index (χ1) is 15.4. The van der Waals surface area contributed by atoms with E-state index in [0.717, 1.165) is 56.4 Å².